The lowest BCUT2D eigenvalue weighted by atomic mass is 10.0. The van der Waals surface area contributed by atoms with Gasteiger partial charge in [-0.2, -0.15) is 0 Å². The van der Waals surface area contributed by atoms with Gasteiger partial charge in [0.05, 0.1) is 0 Å². The van der Waals surface area contributed by atoms with Gasteiger partial charge in [-0.3, -0.25) is 0 Å². The number of aryl methyl sites for hydroxylation is 1. The summed E-state index contributed by atoms with van der Waals surface area (Å²) in [6.07, 6.45) is 0.658. The van der Waals surface area contributed by atoms with E-state index in [1.807, 2.05) is 6.92 Å². The molecule has 1 N–H and O–H groups in total. The van der Waals surface area contributed by atoms with Crippen molar-refractivity contribution in [3.63, 3.8) is 0 Å². The Balaban J connectivity index is 2.18. The normalized spacial score (nSPS) is 12.6. The van der Waals surface area contributed by atoms with E-state index in [4.69, 9.17) is 0 Å². The van der Waals surface area contributed by atoms with E-state index in [-0.39, 0.29) is 6.04 Å². The first-order valence-electron chi connectivity index (χ1n) is 6.33. The fourth-order valence-electron chi connectivity index (χ4n) is 2.06. The van der Waals surface area contributed by atoms with Crippen LogP contribution in [0.5, 0.6) is 0 Å². The van der Waals surface area contributed by atoms with Crippen LogP contribution < -0.4 is 5.32 Å². The van der Waals surface area contributed by atoms with Crippen molar-refractivity contribution in [2.45, 2.75) is 26.3 Å². The first kappa shape index (κ1) is 14.2. The van der Waals surface area contributed by atoms with E-state index in [1.165, 1.54) is 21.9 Å². The minimum absolute atomic E-state index is 0.147. The topological polar surface area (TPSA) is 12.0 Å². The van der Waals surface area contributed by atoms with Crippen molar-refractivity contribution in [1.29, 1.82) is 0 Å². The first-order chi connectivity index (χ1) is 9.10. The van der Waals surface area contributed by atoms with Gasteiger partial charge in [0.25, 0.3) is 0 Å². The predicted molar refractivity (Wildman–Crippen MR) is 75.5 cm³/mol. The minimum Gasteiger partial charge on any atom is -0.309 e. The monoisotopic (exact) mass is 281 g/mol. The maximum absolute atomic E-state index is 13.2. The highest BCUT2D eigenvalue weighted by Gasteiger charge is 2.14. The summed E-state index contributed by atoms with van der Waals surface area (Å²) in [5, 5.41) is 3.39. The molecule has 1 heterocycles. The van der Waals surface area contributed by atoms with Gasteiger partial charge in [-0.15, -0.1) is 11.3 Å². The molecule has 0 aliphatic heterocycles. The molecule has 2 aromatic rings. The molecule has 1 nitrogen and oxygen atoms in total. The van der Waals surface area contributed by atoms with Gasteiger partial charge in [0.15, 0.2) is 11.6 Å². The van der Waals surface area contributed by atoms with Crippen LogP contribution >= 0.6 is 11.3 Å². The van der Waals surface area contributed by atoms with E-state index in [2.05, 4.69) is 24.4 Å². The maximum atomic E-state index is 13.2. The lowest BCUT2D eigenvalue weighted by molar-refractivity contribution is 0.503. The Kier molecular flexibility index (Phi) is 4.66. The van der Waals surface area contributed by atoms with E-state index >= 15 is 0 Å². The Bertz CT molecular complexity index is 551. The number of thiophene rings is 1. The molecule has 0 fully saturated rings. The zero-order chi connectivity index (χ0) is 13.8. The highest BCUT2D eigenvalue weighted by molar-refractivity contribution is 7.12. The van der Waals surface area contributed by atoms with Crippen molar-refractivity contribution in [2.24, 2.45) is 0 Å². The Morgan fingerprint density at radius 3 is 2.53 bits per heavy atom. The molecular formula is C15H17F2NS. The van der Waals surface area contributed by atoms with Crippen LogP contribution in [0, 0.1) is 18.6 Å². The molecule has 1 unspecified atom stereocenters. The van der Waals surface area contributed by atoms with Crippen LogP contribution in [0.1, 0.15) is 28.3 Å². The summed E-state index contributed by atoms with van der Waals surface area (Å²) in [7, 11) is 0. The molecule has 0 saturated heterocycles. The molecule has 0 spiro atoms. The summed E-state index contributed by atoms with van der Waals surface area (Å²) >= 11 is 1.73. The molecule has 2 rings (SSSR count). The number of nitrogens with one attached hydrogen (secondary N) is 1. The van der Waals surface area contributed by atoms with Crippen molar-refractivity contribution in [2.75, 3.05) is 6.54 Å². The van der Waals surface area contributed by atoms with Crippen LogP contribution in [0.25, 0.3) is 0 Å². The third-order valence-corrected chi connectivity index (χ3v) is 4.09. The maximum Gasteiger partial charge on any atom is 0.159 e. The van der Waals surface area contributed by atoms with Crippen LogP contribution in [0.15, 0.2) is 30.3 Å². The Morgan fingerprint density at radius 2 is 1.95 bits per heavy atom. The second kappa shape index (κ2) is 6.26. The molecule has 0 amide bonds. The van der Waals surface area contributed by atoms with E-state index in [9.17, 15) is 8.78 Å². The van der Waals surface area contributed by atoms with Gasteiger partial charge in [0.1, 0.15) is 0 Å². The molecule has 0 saturated carbocycles. The third kappa shape index (κ3) is 3.61. The summed E-state index contributed by atoms with van der Waals surface area (Å²) in [5.41, 5.74) is 0.802. The molecule has 0 bridgehead atoms. The van der Waals surface area contributed by atoms with Crippen molar-refractivity contribution < 1.29 is 8.78 Å². The zero-order valence-electron chi connectivity index (χ0n) is 11.0. The van der Waals surface area contributed by atoms with Crippen molar-refractivity contribution in [3.8, 4) is 0 Å². The molecule has 4 heteroatoms. The van der Waals surface area contributed by atoms with Crippen molar-refractivity contribution in [3.05, 3.63) is 57.3 Å². The molecule has 102 valence electrons. The molecule has 0 aliphatic carbocycles. The molecule has 1 atom stereocenters. The highest BCUT2D eigenvalue weighted by Crippen LogP contribution is 2.26. The standard InChI is InChI=1S/C15H17F2NS/c1-3-18-14(15-7-4-10(2)19-15)9-11-5-6-12(16)13(17)8-11/h4-8,14,18H,3,9H2,1-2H3. The quantitative estimate of drug-likeness (QED) is 0.865. The van der Waals surface area contributed by atoms with Gasteiger partial charge in [-0.25, -0.2) is 8.78 Å². The molecule has 19 heavy (non-hydrogen) atoms. The Morgan fingerprint density at radius 1 is 1.16 bits per heavy atom. The molecular weight excluding hydrogens is 264 g/mol. The molecule has 1 aromatic heterocycles. The number of hydrogen-bond donors (Lipinski definition) is 1. The highest BCUT2D eigenvalue weighted by atomic mass is 32.1. The lowest BCUT2D eigenvalue weighted by Gasteiger charge is -2.16. The largest absolute Gasteiger partial charge is 0.309 e. The van der Waals surface area contributed by atoms with Crippen LogP contribution in [0.4, 0.5) is 8.78 Å². The Hall–Kier alpha value is -1.26. The Labute approximate surface area is 116 Å². The number of benzene rings is 1. The van der Waals surface area contributed by atoms with Gasteiger partial charge >= 0.3 is 0 Å². The summed E-state index contributed by atoms with van der Waals surface area (Å²) in [4.78, 5) is 2.48. The van der Waals surface area contributed by atoms with Gasteiger partial charge in [0, 0.05) is 15.8 Å². The molecule has 1 aromatic carbocycles. The second-order valence-electron chi connectivity index (χ2n) is 4.51. The van der Waals surface area contributed by atoms with Crippen LogP contribution in [0.2, 0.25) is 0 Å². The fourth-order valence-corrected chi connectivity index (χ4v) is 3.02. The van der Waals surface area contributed by atoms with Crippen molar-refractivity contribution in [1.82, 2.24) is 5.32 Å². The summed E-state index contributed by atoms with van der Waals surface area (Å²) in [5.74, 6) is -1.58. The minimum atomic E-state index is -0.796. The molecule has 0 aliphatic rings. The smallest absolute Gasteiger partial charge is 0.159 e. The first-order valence-corrected chi connectivity index (χ1v) is 7.15. The number of likely N-dealkylation sites (N-methyl/N-ethyl adjacent to an activating group) is 1. The van der Waals surface area contributed by atoms with E-state index in [0.717, 1.165) is 12.1 Å². The van der Waals surface area contributed by atoms with E-state index in [1.54, 1.807) is 17.4 Å². The van der Waals surface area contributed by atoms with Crippen LogP contribution in [0.3, 0.4) is 0 Å². The van der Waals surface area contributed by atoms with Crippen LogP contribution in [-0.2, 0) is 6.42 Å². The van der Waals surface area contributed by atoms with Crippen LogP contribution in [-0.4, -0.2) is 6.54 Å². The average molecular weight is 281 g/mol. The lowest BCUT2D eigenvalue weighted by Crippen LogP contribution is -2.22. The average Bonchev–Trinajstić information content (AvgIpc) is 2.80. The second-order valence-corrected chi connectivity index (χ2v) is 5.83. The van der Waals surface area contributed by atoms with Gasteiger partial charge in [-0.1, -0.05) is 13.0 Å². The predicted octanol–water partition coefficient (Wildman–Crippen LogP) is 4.23. The summed E-state index contributed by atoms with van der Waals surface area (Å²) < 4.78 is 26.2. The van der Waals surface area contributed by atoms with Gasteiger partial charge in [0.2, 0.25) is 0 Å². The number of rotatable bonds is 5. The number of hydrogen-bond acceptors (Lipinski definition) is 2. The van der Waals surface area contributed by atoms with Crippen molar-refractivity contribution >= 4 is 11.3 Å². The number of halogens is 2. The zero-order valence-corrected chi connectivity index (χ0v) is 11.9. The fraction of sp³-hybridized carbons (Fsp3) is 0.333. The van der Waals surface area contributed by atoms with Gasteiger partial charge < -0.3 is 5.32 Å². The third-order valence-electron chi connectivity index (χ3n) is 2.98. The van der Waals surface area contributed by atoms with E-state index in [0.29, 0.717) is 6.42 Å². The van der Waals surface area contributed by atoms with Gasteiger partial charge in [-0.05, 0) is 49.7 Å². The summed E-state index contributed by atoms with van der Waals surface area (Å²) in [6.45, 7) is 4.94. The SMILES string of the molecule is CCNC(Cc1ccc(F)c(F)c1)c1ccc(C)s1. The van der Waals surface area contributed by atoms with E-state index < -0.39 is 11.6 Å². The summed E-state index contributed by atoms with van der Waals surface area (Å²) in [6, 6.07) is 8.42. The molecule has 0 radical (unpaired) electrons.